The summed E-state index contributed by atoms with van der Waals surface area (Å²) in [7, 11) is 0. The van der Waals surface area contributed by atoms with Crippen LogP contribution in [0.5, 0.6) is 0 Å². The topological polar surface area (TPSA) is 77.0 Å². The lowest BCUT2D eigenvalue weighted by Gasteiger charge is -2.17. The molecule has 3 aromatic rings. The van der Waals surface area contributed by atoms with Gasteiger partial charge < -0.3 is 10.6 Å². The average Bonchev–Trinajstić information content (AvgIpc) is 3.34. The van der Waals surface area contributed by atoms with Gasteiger partial charge in [0.25, 0.3) is 5.91 Å². The lowest BCUT2D eigenvalue weighted by atomic mass is 10.1. The summed E-state index contributed by atoms with van der Waals surface area (Å²) in [5, 5.41) is 5.23. The van der Waals surface area contributed by atoms with E-state index < -0.39 is 0 Å². The number of nitrogens with two attached hydrogens (primary N) is 1. The van der Waals surface area contributed by atoms with Crippen molar-refractivity contribution >= 4 is 41.8 Å². The second kappa shape index (κ2) is 9.37. The molecule has 0 spiro atoms. The number of hydrogen-bond donors (Lipinski definition) is 1. The summed E-state index contributed by atoms with van der Waals surface area (Å²) < 4.78 is 1.84. The molecule has 1 atom stereocenters. The summed E-state index contributed by atoms with van der Waals surface area (Å²) in [5.74, 6) is 0.435. The largest absolute Gasteiger partial charge is 0.338 e. The zero-order chi connectivity index (χ0) is 18.1. The van der Waals surface area contributed by atoms with Gasteiger partial charge in [0.15, 0.2) is 5.65 Å². The zero-order valence-corrected chi connectivity index (χ0v) is 17.4. The van der Waals surface area contributed by atoms with Crippen LogP contribution in [-0.2, 0) is 6.54 Å². The number of rotatable bonds is 4. The SMILES string of the molecule is CCn1ncc2c(C(=O)N3CCC(CN)C3)cc(-c3ccccc3)nc21.Cl.Cl. The van der Waals surface area contributed by atoms with E-state index in [4.69, 9.17) is 10.7 Å². The molecule has 0 radical (unpaired) electrons. The number of benzene rings is 1. The van der Waals surface area contributed by atoms with Crippen LogP contribution in [0.3, 0.4) is 0 Å². The average molecular weight is 422 g/mol. The summed E-state index contributed by atoms with van der Waals surface area (Å²) >= 11 is 0. The van der Waals surface area contributed by atoms with Crippen LogP contribution < -0.4 is 5.73 Å². The van der Waals surface area contributed by atoms with E-state index in [-0.39, 0.29) is 30.7 Å². The maximum atomic E-state index is 13.2. The number of hydrogen-bond acceptors (Lipinski definition) is 4. The third-order valence-corrected chi connectivity index (χ3v) is 5.12. The molecule has 150 valence electrons. The fraction of sp³-hybridized carbons (Fsp3) is 0.350. The normalized spacial score (nSPS) is 15.9. The highest BCUT2D eigenvalue weighted by Crippen LogP contribution is 2.27. The number of halogens is 2. The smallest absolute Gasteiger partial charge is 0.254 e. The first-order valence-electron chi connectivity index (χ1n) is 9.12. The number of likely N-dealkylation sites (tertiary alicyclic amines) is 1. The second-order valence-electron chi connectivity index (χ2n) is 6.76. The van der Waals surface area contributed by atoms with Crippen LogP contribution in [0.1, 0.15) is 23.7 Å². The highest BCUT2D eigenvalue weighted by molar-refractivity contribution is 6.06. The Bertz CT molecular complexity index is 944. The van der Waals surface area contributed by atoms with Crippen molar-refractivity contribution in [2.75, 3.05) is 19.6 Å². The Morgan fingerprint density at radius 2 is 2.00 bits per heavy atom. The van der Waals surface area contributed by atoms with Crippen molar-refractivity contribution in [3.05, 3.63) is 48.2 Å². The van der Waals surface area contributed by atoms with E-state index in [1.54, 1.807) is 6.20 Å². The first-order chi connectivity index (χ1) is 12.7. The number of amides is 1. The fourth-order valence-electron chi connectivity index (χ4n) is 3.59. The summed E-state index contributed by atoms with van der Waals surface area (Å²) in [6, 6.07) is 11.8. The second-order valence-corrected chi connectivity index (χ2v) is 6.76. The lowest BCUT2D eigenvalue weighted by molar-refractivity contribution is 0.0789. The summed E-state index contributed by atoms with van der Waals surface area (Å²) in [4.78, 5) is 19.9. The molecule has 1 aliphatic rings. The zero-order valence-electron chi connectivity index (χ0n) is 15.7. The van der Waals surface area contributed by atoms with Crippen LogP contribution in [0.15, 0.2) is 42.6 Å². The molecule has 6 nitrogen and oxygen atoms in total. The van der Waals surface area contributed by atoms with E-state index in [9.17, 15) is 4.79 Å². The van der Waals surface area contributed by atoms with E-state index in [1.807, 2.05) is 52.9 Å². The van der Waals surface area contributed by atoms with E-state index in [0.29, 0.717) is 24.6 Å². The van der Waals surface area contributed by atoms with Crippen LogP contribution >= 0.6 is 24.8 Å². The molecule has 8 heteroatoms. The van der Waals surface area contributed by atoms with Crippen LogP contribution in [-0.4, -0.2) is 45.2 Å². The molecule has 28 heavy (non-hydrogen) atoms. The quantitative estimate of drug-likeness (QED) is 0.700. The van der Waals surface area contributed by atoms with Crippen LogP contribution in [0.25, 0.3) is 22.3 Å². The fourth-order valence-corrected chi connectivity index (χ4v) is 3.59. The van der Waals surface area contributed by atoms with Crippen molar-refractivity contribution in [1.29, 1.82) is 0 Å². The molecule has 3 heterocycles. The molecule has 2 aromatic heterocycles. The summed E-state index contributed by atoms with van der Waals surface area (Å²) in [6.07, 6.45) is 2.72. The van der Waals surface area contributed by atoms with Crippen molar-refractivity contribution in [3.63, 3.8) is 0 Å². The molecule has 1 aromatic carbocycles. The van der Waals surface area contributed by atoms with Crippen molar-refractivity contribution in [2.45, 2.75) is 19.9 Å². The molecule has 0 aliphatic carbocycles. The molecular formula is C20H25Cl2N5O. The van der Waals surface area contributed by atoms with Crippen LogP contribution in [0, 0.1) is 5.92 Å². The molecule has 4 rings (SSSR count). The third-order valence-electron chi connectivity index (χ3n) is 5.12. The molecular weight excluding hydrogens is 397 g/mol. The number of carbonyl (C=O) groups is 1. The van der Waals surface area contributed by atoms with Crippen molar-refractivity contribution in [2.24, 2.45) is 11.7 Å². The molecule has 1 unspecified atom stereocenters. The molecule has 1 amide bonds. The van der Waals surface area contributed by atoms with Gasteiger partial charge in [-0.25, -0.2) is 9.67 Å². The Labute approximate surface area is 176 Å². The van der Waals surface area contributed by atoms with Gasteiger partial charge in [-0.15, -0.1) is 24.8 Å². The highest BCUT2D eigenvalue weighted by Gasteiger charge is 2.28. The number of fused-ring (bicyclic) bond motifs is 1. The van der Waals surface area contributed by atoms with Gasteiger partial charge in [0.1, 0.15) is 0 Å². The minimum atomic E-state index is 0. The van der Waals surface area contributed by atoms with E-state index in [0.717, 1.165) is 41.8 Å². The van der Waals surface area contributed by atoms with Gasteiger partial charge in [-0.05, 0) is 31.9 Å². The highest BCUT2D eigenvalue weighted by atomic mass is 35.5. The Morgan fingerprint density at radius 1 is 1.25 bits per heavy atom. The summed E-state index contributed by atoms with van der Waals surface area (Å²) in [6.45, 7) is 4.84. The predicted molar refractivity (Wildman–Crippen MR) is 116 cm³/mol. The van der Waals surface area contributed by atoms with Crippen molar-refractivity contribution in [3.8, 4) is 11.3 Å². The lowest BCUT2D eigenvalue weighted by Crippen LogP contribution is -2.30. The first kappa shape index (κ1) is 22.1. The Morgan fingerprint density at radius 3 is 2.64 bits per heavy atom. The van der Waals surface area contributed by atoms with E-state index in [2.05, 4.69) is 5.10 Å². The van der Waals surface area contributed by atoms with Gasteiger partial charge >= 0.3 is 0 Å². The molecule has 1 saturated heterocycles. The molecule has 1 fully saturated rings. The van der Waals surface area contributed by atoms with Gasteiger partial charge in [-0.2, -0.15) is 5.10 Å². The van der Waals surface area contributed by atoms with Crippen LogP contribution in [0.4, 0.5) is 0 Å². The number of aromatic nitrogens is 3. The molecule has 0 bridgehead atoms. The van der Waals surface area contributed by atoms with E-state index in [1.165, 1.54) is 0 Å². The molecule has 1 aliphatic heterocycles. The maximum absolute atomic E-state index is 13.2. The summed E-state index contributed by atoms with van der Waals surface area (Å²) in [5.41, 5.74) is 9.01. The standard InChI is InChI=1S/C20H23N5O.2ClH/c1-2-25-19-17(12-22-25)16(20(26)24-9-8-14(11-21)13-24)10-18(23-19)15-6-4-3-5-7-15;;/h3-7,10,12,14H,2,8-9,11,13,21H2,1H3;2*1H. The Hall–Kier alpha value is -2.15. The minimum absolute atomic E-state index is 0. The minimum Gasteiger partial charge on any atom is -0.338 e. The number of carbonyl (C=O) groups excluding carboxylic acids is 1. The van der Waals surface area contributed by atoms with Gasteiger partial charge in [0, 0.05) is 25.2 Å². The van der Waals surface area contributed by atoms with E-state index >= 15 is 0 Å². The van der Waals surface area contributed by atoms with Crippen LogP contribution in [0.2, 0.25) is 0 Å². The van der Waals surface area contributed by atoms with Gasteiger partial charge in [0.05, 0.1) is 22.8 Å². The Balaban J connectivity index is 0.00000140. The molecule has 2 N–H and O–H groups in total. The monoisotopic (exact) mass is 421 g/mol. The number of pyridine rings is 1. The van der Waals surface area contributed by atoms with Crippen molar-refractivity contribution < 1.29 is 4.79 Å². The van der Waals surface area contributed by atoms with Gasteiger partial charge in [-0.3, -0.25) is 4.79 Å². The Kier molecular flexibility index (Phi) is 7.41. The maximum Gasteiger partial charge on any atom is 0.254 e. The third kappa shape index (κ3) is 3.99. The van der Waals surface area contributed by atoms with Gasteiger partial charge in [0.2, 0.25) is 0 Å². The number of aryl methyl sites for hydroxylation is 1. The molecule has 0 saturated carbocycles. The number of nitrogens with zero attached hydrogens (tertiary/aromatic N) is 4. The predicted octanol–water partition coefficient (Wildman–Crippen LogP) is 3.38. The first-order valence-corrected chi connectivity index (χ1v) is 9.12. The van der Waals surface area contributed by atoms with Gasteiger partial charge in [-0.1, -0.05) is 30.3 Å². The van der Waals surface area contributed by atoms with Crippen molar-refractivity contribution in [1.82, 2.24) is 19.7 Å².